The Bertz CT molecular complexity index is 1010. The number of nitrogens with zero attached hydrogens (tertiary/aromatic N) is 3. The minimum absolute atomic E-state index is 0.400. The van der Waals surface area contributed by atoms with Crippen LogP contribution < -0.4 is 5.32 Å². The first kappa shape index (κ1) is 14.3. The van der Waals surface area contributed by atoms with E-state index in [0.717, 1.165) is 34.4 Å². The van der Waals surface area contributed by atoms with E-state index in [9.17, 15) is 8.78 Å². The zero-order valence-corrected chi connectivity index (χ0v) is 12.3. The molecule has 5 nitrogen and oxygen atoms in total. The average Bonchev–Trinajstić information content (AvgIpc) is 3.13. The maximum absolute atomic E-state index is 13.4. The van der Waals surface area contributed by atoms with Gasteiger partial charge in [-0.15, -0.1) is 0 Å². The fraction of sp³-hybridized carbons (Fsp3) is 0. The Morgan fingerprint density at radius 2 is 1.83 bits per heavy atom. The summed E-state index contributed by atoms with van der Waals surface area (Å²) in [6.07, 6.45) is 4.82. The summed E-state index contributed by atoms with van der Waals surface area (Å²) in [6.45, 7) is 0. The van der Waals surface area contributed by atoms with Gasteiger partial charge >= 0.3 is 0 Å². The lowest BCUT2D eigenvalue weighted by molar-refractivity contribution is 0.509. The molecule has 0 saturated carbocycles. The smallest absolute Gasteiger partial charge is 0.160 e. The van der Waals surface area contributed by atoms with Crippen LogP contribution in [0, 0.1) is 11.6 Å². The molecule has 0 bridgehead atoms. The summed E-state index contributed by atoms with van der Waals surface area (Å²) >= 11 is 0. The highest BCUT2D eigenvalue weighted by Gasteiger charge is 2.09. The molecule has 0 radical (unpaired) electrons. The maximum atomic E-state index is 13.4. The van der Waals surface area contributed by atoms with E-state index >= 15 is 0 Å². The van der Waals surface area contributed by atoms with Crippen LogP contribution in [0.1, 0.15) is 0 Å². The van der Waals surface area contributed by atoms with E-state index in [1.54, 1.807) is 12.4 Å². The summed E-state index contributed by atoms with van der Waals surface area (Å²) in [5.74, 6) is -0.596. The van der Waals surface area contributed by atoms with Gasteiger partial charge in [0.15, 0.2) is 11.6 Å². The molecule has 0 fully saturated rings. The lowest BCUT2D eigenvalue weighted by atomic mass is 10.1. The molecule has 0 aliphatic carbocycles. The molecule has 4 rings (SSSR count). The summed E-state index contributed by atoms with van der Waals surface area (Å²) in [4.78, 5) is 15.7. The van der Waals surface area contributed by atoms with Gasteiger partial charge in [-0.25, -0.2) is 23.7 Å². The van der Waals surface area contributed by atoms with Crippen molar-refractivity contribution in [1.82, 2.24) is 19.9 Å². The standard InChI is InChI=1S/C17H11F2N5/c18-13-3-2-11(8-14(13)19)24-17-12-7-10(16-20-5-6-21-16)1-4-15(12)22-9-23-17/h1-9H,(H,20,21)(H,22,23,24). The van der Waals surface area contributed by atoms with Gasteiger partial charge in [0.25, 0.3) is 0 Å². The molecule has 0 saturated heterocycles. The number of hydrogen-bond acceptors (Lipinski definition) is 4. The van der Waals surface area contributed by atoms with Crippen LogP contribution in [0.3, 0.4) is 0 Å². The maximum Gasteiger partial charge on any atom is 0.160 e. The summed E-state index contributed by atoms with van der Waals surface area (Å²) < 4.78 is 26.4. The van der Waals surface area contributed by atoms with E-state index in [1.807, 2.05) is 18.2 Å². The number of rotatable bonds is 3. The summed E-state index contributed by atoms with van der Waals surface area (Å²) in [6, 6.07) is 9.23. The molecule has 2 aromatic heterocycles. The Balaban J connectivity index is 1.79. The van der Waals surface area contributed by atoms with Gasteiger partial charge < -0.3 is 10.3 Å². The van der Waals surface area contributed by atoms with Crippen molar-refractivity contribution in [2.24, 2.45) is 0 Å². The van der Waals surface area contributed by atoms with Crippen molar-refractivity contribution < 1.29 is 8.78 Å². The van der Waals surface area contributed by atoms with Crippen LogP contribution in [0.2, 0.25) is 0 Å². The van der Waals surface area contributed by atoms with Gasteiger partial charge in [0.2, 0.25) is 0 Å². The average molecular weight is 323 g/mol. The van der Waals surface area contributed by atoms with Crippen LogP contribution in [0.15, 0.2) is 55.1 Å². The molecular formula is C17H11F2N5. The van der Waals surface area contributed by atoms with Gasteiger partial charge in [0.1, 0.15) is 18.0 Å². The predicted molar refractivity (Wildman–Crippen MR) is 86.8 cm³/mol. The van der Waals surface area contributed by atoms with Crippen LogP contribution in [0.5, 0.6) is 0 Å². The van der Waals surface area contributed by atoms with Crippen molar-refractivity contribution in [1.29, 1.82) is 0 Å². The number of imidazole rings is 1. The molecule has 0 atom stereocenters. The molecule has 118 valence electrons. The van der Waals surface area contributed by atoms with Crippen molar-refractivity contribution in [2.75, 3.05) is 5.32 Å². The van der Waals surface area contributed by atoms with Crippen LogP contribution >= 0.6 is 0 Å². The van der Waals surface area contributed by atoms with Gasteiger partial charge in [-0.05, 0) is 30.3 Å². The first-order chi connectivity index (χ1) is 11.7. The highest BCUT2D eigenvalue weighted by Crippen LogP contribution is 2.27. The second-order valence-electron chi connectivity index (χ2n) is 5.15. The van der Waals surface area contributed by atoms with E-state index in [2.05, 4.69) is 25.3 Å². The van der Waals surface area contributed by atoms with Gasteiger partial charge in [0, 0.05) is 35.1 Å². The van der Waals surface area contributed by atoms with E-state index in [4.69, 9.17) is 0 Å². The van der Waals surface area contributed by atoms with Crippen LogP contribution in [0.25, 0.3) is 22.3 Å². The number of aromatic amines is 1. The lowest BCUT2D eigenvalue weighted by Gasteiger charge is -2.09. The zero-order valence-electron chi connectivity index (χ0n) is 12.3. The number of anilines is 2. The normalized spacial score (nSPS) is 10.9. The first-order valence-corrected chi connectivity index (χ1v) is 7.17. The molecule has 0 spiro atoms. The number of hydrogen-bond donors (Lipinski definition) is 2. The Morgan fingerprint density at radius 1 is 0.917 bits per heavy atom. The number of benzene rings is 2. The molecule has 0 aliphatic rings. The zero-order chi connectivity index (χ0) is 16.5. The van der Waals surface area contributed by atoms with Crippen molar-refractivity contribution in [3.63, 3.8) is 0 Å². The van der Waals surface area contributed by atoms with Crippen LogP contribution in [-0.2, 0) is 0 Å². The number of fused-ring (bicyclic) bond motifs is 1. The molecular weight excluding hydrogens is 312 g/mol. The van der Waals surface area contributed by atoms with Gasteiger partial charge in [-0.3, -0.25) is 0 Å². The fourth-order valence-electron chi connectivity index (χ4n) is 2.44. The topological polar surface area (TPSA) is 66.5 Å². The number of halogens is 2. The van der Waals surface area contributed by atoms with E-state index in [-0.39, 0.29) is 0 Å². The molecule has 2 heterocycles. The third-order valence-corrected chi connectivity index (χ3v) is 3.59. The molecule has 0 unspecified atom stereocenters. The largest absolute Gasteiger partial charge is 0.345 e. The summed E-state index contributed by atoms with van der Waals surface area (Å²) in [7, 11) is 0. The van der Waals surface area contributed by atoms with E-state index in [1.165, 1.54) is 12.4 Å². The first-order valence-electron chi connectivity index (χ1n) is 7.17. The van der Waals surface area contributed by atoms with Crippen molar-refractivity contribution >= 4 is 22.4 Å². The molecule has 4 aromatic rings. The minimum atomic E-state index is -0.922. The van der Waals surface area contributed by atoms with E-state index in [0.29, 0.717) is 11.5 Å². The number of nitrogens with one attached hydrogen (secondary N) is 2. The Kier molecular flexibility index (Phi) is 3.38. The monoisotopic (exact) mass is 323 g/mol. The summed E-state index contributed by atoms with van der Waals surface area (Å²) in [5.41, 5.74) is 2.00. The molecule has 0 amide bonds. The lowest BCUT2D eigenvalue weighted by Crippen LogP contribution is -1.97. The number of aromatic nitrogens is 4. The summed E-state index contributed by atoms with van der Waals surface area (Å²) in [5, 5.41) is 3.75. The minimum Gasteiger partial charge on any atom is -0.345 e. The third kappa shape index (κ3) is 2.56. The van der Waals surface area contributed by atoms with Gasteiger partial charge in [-0.2, -0.15) is 0 Å². The SMILES string of the molecule is Fc1ccc(Nc2ncnc3ccc(-c4ncc[nH]4)cc23)cc1F. The molecule has 2 aromatic carbocycles. The van der Waals surface area contributed by atoms with Crippen LogP contribution in [0.4, 0.5) is 20.3 Å². The number of H-pyrrole nitrogens is 1. The highest BCUT2D eigenvalue weighted by molar-refractivity contribution is 5.93. The molecule has 2 N–H and O–H groups in total. The van der Waals surface area contributed by atoms with Gasteiger partial charge in [-0.1, -0.05) is 0 Å². The third-order valence-electron chi connectivity index (χ3n) is 3.59. The predicted octanol–water partition coefficient (Wildman–Crippen LogP) is 4.04. The Hall–Kier alpha value is -3.35. The van der Waals surface area contributed by atoms with Gasteiger partial charge in [0.05, 0.1) is 5.52 Å². The van der Waals surface area contributed by atoms with E-state index < -0.39 is 11.6 Å². The Labute approximate surface area is 135 Å². The molecule has 0 aliphatic heterocycles. The second-order valence-corrected chi connectivity index (χ2v) is 5.15. The Morgan fingerprint density at radius 3 is 2.62 bits per heavy atom. The fourth-order valence-corrected chi connectivity index (χ4v) is 2.44. The highest BCUT2D eigenvalue weighted by atomic mass is 19.2. The molecule has 24 heavy (non-hydrogen) atoms. The van der Waals surface area contributed by atoms with Crippen molar-refractivity contribution in [3.05, 3.63) is 66.8 Å². The molecule has 7 heteroatoms. The van der Waals surface area contributed by atoms with Crippen molar-refractivity contribution in [3.8, 4) is 11.4 Å². The second kappa shape index (κ2) is 5.69. The quantitative estimate of drug-likeness (QED) is 0.597. The van der Waals surface area contributed by atoms with Crippen molar-refractivity contribution in [2.45, 2.75) is 0 Å². The van der Waals surface area contributed by atoms with Crippen LogP contribution in [-0.4, -0.2) is 19.9 Å².